The first-order valence-corrected chi connectivity index (χ1v) is 6.94. The minimum Gasteiger partial charge on any atom is -0.465 e. The third-order valence-corrected chi connectivity index (χ3v) is 3.24. The van der Waals surface area contributed by atoms with E-state index in [9.17, 15) is 4.79 Å². The molecule has 104 valence electrons. The highest BCUT2D eigenvalue weighted by Gasteiger charge is 2.13. The second kappa shape index (κ2) is 7.13. The Bertz CT molecular complexity index is 461. The molecule has 0 bridgehead atoms. The Balaban J connectivity index is 3.29. The number of ether oxygens (including phenoxy) is 1. The molecule has 1 rings (SSSR count). The quantitative estimate of drug-likeness (QED) is 0.718. The summed E-state index contributed by atoms with van der Waals surface area (Å²) >= 11 is 0. The van der Waals surface area contributed by atoms with Crippen LogP contribution in [0.3, 0.4) is 0 Å². The van der Waals surface area contributed by atoms with Crippen LogP contribution in [-0.4, -0.2) is 13.1 Å². The standard InChI is InChI=1S/C17H24O2/c1-6-8-14(9-7-2)16-12(3)10-15(11-13(16)4)17(18)19-5/h8,10-11H,6-7,9H2,1-5H3/b14-8+. The largest absolute Gasteiger partial charge is 0.465 e. The number of aryl methyl sites for hydroxylation is 2. The number of hydrogen-bond donors (Lipinski definition) is 0. The molecular formula is C17H24O2. The molecule has 19 heavy (non-hydrogen) atoms. The van der Waals surface area contributed by atoms with E-state index in [4.69, 9.17) is 4.74 Å². The first kappa shape index (κ1) is 15.5. The highest BCUT2D eigenvalue weighted by atomic mass is 16.5. The summed E-state index contributed by atoms with van der Waals surface area (Å²) in [7, 11) is 1.42. The van der Waals surface area contributed by atoms with Crippen LogP contribution in [0.1, 0.15) is 60.2 Å². The molecule has 0 aromatic heterocycles. The number of hydrogen-bond acceptors (Lipinski definition) is 2. The molecule has 0 aliphatic carbocycles. The Labute approximate surface area is 116 Å². The normalized spacial score (nSPS) is 11.5. The van der Waals surface area contributed by atoms with E-state index in [2.05, 4.69) is 33.8 Å². The summed E-state index contributed by atoms with van der Waals surface area (Å²) < 4.78 is 4.79. The molecule has 0 saturated carbocycles. The summed E-state index contributed by atoms with van der Waals surface area (Å²) in [6.07, 6.45) is 5.53. The number of rotatable bonds is 5. The maximum absolute atomic E-state index is 11.6. The van der Waals surface area contributed by atoms with Crippen LogP contribution in [0, 0.1) is 13.8 Å². The van der Waals surface area contributed by atoms with Gasteiger partial charge in [-0.25, -0.2) is 4.79 Å². The van der Waals surface area contributed by atoms with Gasteiger partial charge in [-0.3, -0.25) is 0 Å². The van der Waals surface area contributed by atoms with Gasteiger partial charge in [0.05, 0.1) is 12.7 Å². The van der Waals surface area contributed by atoms with Crippen molar-refractivity contribution in [3.05, 3.63) is 40.5 Å². The molecule has 2 heteroatoms. The summed E-state index contributed by atoms with van der Waals surface area (Å²) in [5.41, 5.74) is 5.60. The van der Waals surface area contributed by atoms with Gasteiger partial charge in [-0.05, 0) is 61.1 Å². The van der Waals surface area contributed by atoms with Crippen molar-refractivity contribution in [2.24, 2.45) is 0 Å². The van der Waals surface area contributed by atoms with Crippen molar-refractivity contribution in [3.8, 4) is 0 Å². The van der Waals surface area contributed by atoms with E-state index in [1.165, 1.54) is 18.2 Å². The fraction of sp³-hybridized carbons (Fsp3) is 0.471. The molecular weight excluding hydrogens is 236 g/mol. The predicted molar refractivity (Wildman–Crippen MR) is 80.4 cm³/mol. The number of allylic oxidation sites excluding steroid dienone is 2. The molecule has 0 N–H and O–H groups in total. The van der Waals surface area contributed by atoms with Crippen LogP contribution in [0.25, 0.3) is 5.57 Å². The minimum absolute atomic E-state index is 0.269. The first-order chi connectivity index (χ1) is 9.04. The molecule has 0 saturated heterocycles. The van der Waals surface area contributed by atoms with Crippen LogP contribution in [-0.2, 0) is 4.74 Å². The highest BCUT2D eigenvalue weighted by molar-refractivity contribution is 5.90. The third-order valence-electron chi connectivity index (χ3n) is 3.24. The summed E-state index contributed by atoms with van der Waals surface area (Å²) in [5, 5.41) is 0. The molecule has 0 radical (unpaired) electrons. The van der Waals surface area contributed by atoms with E-state index in [0.717, 1.165) is 30.4 Å². The zero-order chi connectivity index (χ0) is 14.4. The molecule has 0 heterocycles. The van der Waals surface area contributed by atoms with E-state index in [1.54, 1.807) is 0 Å². The maximum atomic E-state index is 11.6. The summed E-state index contributed by atoms with van der Waals surface area (Å²) in [6, 6.07) is 3.85. The van der Waals surface area contributed by atoms with Crippen LogP contribution >= 0.6 is 0 Å². The predicted octanol–water partition coefficient (Wildman–Crippen LogP) is 4.68. The van der Waals surface area contributed by atoms with Gasteiger partial charge in [-0.1, -0.05) is 26.3 Å². The lowest BCUT2D eigenvalue weighted by Gasteiger charge is -2.15. The van der Waals surface area contributed by atoms with Crippen molar-refractivity contribution in [2.45, 2.75) is 47.0 Å². The maximum Gasteiger partial charge on any atom is 0.337 e. The van der Waals surface area contributed by atoms with E-state index in [-0.39, 0.29) is 5.97 Å². The lowest BCUT2D eigenvalue weighted by atomic mass is 9.90. The van der Waals surface area contributed by atoms with Gasteiger partial charge in [0.2, 0.25) is 0 Å². The van der Waals surface area contributed by atoms with Crippen molar-refractivity contribution < 1.29 is 9.53 Å². The Kier molecular flexibility index (Phi) is 5.81. The van der Waals surface area contributed by atoms with E-state index in [0.29, 0.717) is 5.56 Å². The van der Waals surface area contributed by atoms with E-state index >= 15 is 0 Å². The van der Waals surface area contributed by atoms with E-state index < -0.39 is 0 Å². The molecule has 0 atom stereocenters. The van der Waals surface area contributed by atoms with Crippen molar-refractivity contribution >= 4 is 11.5 Å². The van der Waals surface area contributed by atoms with Gasteiger partial charge in [-0.2, -0.15) is 0 Å². The lowest BCUT2D eigenvalue weighted by Crippen LogP contribution is -2.04. The molecule has 2 nitrogen and oxygen atoms in total. The molecule has 0 amide bonds. The Hall–Kier alpha value is -1.57. The van der Waals surface area contributed by atoms with Crippen LogP contribution < -0.4 is 0 Å². The van der Waals surface area contributed by atoms with Crippen molar-refractivity contribution in [2.75, 3.05) is 7.11 Å². The van der Waals surface area contributed by atoms with Crippen LogP contribution in [0.15, 0.2) is 18.2 Å². The van der Waals surface area contributed by atoms with Crippen molar-refractivity contribution in [3.63, 3.8) is 0 Å². The second-order valence-corrected chi connectivity index (χ2v) is 4.86. The minimum atomic E-state index is -0.269. The van der Waals surface area contributed by atoms with Gasteiger partial charge in [-0.15, -0.1) is 0 Å². The Morgan fingerprint density at radius 1 is 1.21 bits per heavy atom. The molecule has 0 aliphatic rings. The van der Waals surface area contributed by atoms with Gasteiger partial charge in [0.15, 0.2) is 0 Å². The van der Waals surface area contributed by atoms with Crippen LogP contribution in [0.2, 0.25) is 0 Å². The summed E-state index contributed by atoms with van der Waals surface area (Å²) in [4.78, 5) is 11.6. The highest BCUT2D eigenvalue weighted by Crippen LogP contribution is 2.28. The van der Waals surface area contributed by atoms with Gasteiger partial charge in [0.25, 0.3) is 0 Å². The molecule has 0 spiro atoms. The van der Waals surface area contributed by atoms with Gasteiger partial charge in [0.1, 0.15) is 0 Å². The molecule has 0 fully saturated rings. The monoisotopic (exact) mass is 260 g/mol. The zero-order valence-electron chi connectivity index (χ0n) is 12.7. The number of carbonyl (C=O) groups is 1. The van der Waals surface area contributed by atoms with Crippen LogP contribution in [0.5, 0.6) is 0 Å². The Morgan fingerprint density at radius 3 is 2.21 bits per heavy atom. The van der Waals surface area contributed by atoms with Gasteiger partial charge >= 0.3 is 5.97 Å². The van der Waals surface area contributed by atoms with E-state index in [1.807, 2.05) is 12.1 Å². The average molecular weight is 260 g/mol. The topological polar surface area (TPSA) is 26.3 Å². The van der Waals surface area contributed by atoms with Gasteiger partial charge < -0.3 is 4.74 Å². The Morgan fingerprint density at radius 2 is 1.79 bits per heavy atom. The van der Waals surface area contributed by atoms with Crippen LogP contribution in [0.4, 0.5) is 0 Å². The fourth-order valence-electron chi connectivity index (χ4n) is 2.55. The van der Waals surface area contributed by atoms with Crippen molar-refractivity contribution in [1.29, 1.82) is 0 Å². The van der Waals surface area contributed by atoms with Gasteiger partial charge in [0, 0.05) is 0 Å². The summed E-state index contributed by atoms with van der Waals surface area (Å²) in [5.74, 6) is -0.269. The van der Waals surface area contributed by atoms with Crippen molar-refractivity contribution in [1.82, 2.24) is 0 Å². The smallest absolute Gasteiger partial charge is 0.337 e. The number of benzene rings is 1. The number of methoxy groups -OCH3 is 1. The zero-order valence-corrected chi connectivity index (χ0v) is 12.7. The average Bonchev–Trinajstić information content (AvgIpc) is 2.37. The SMILES string of the molecule is CC/C=C(\CCC)c1c(C)cc(C(=O)OC)cc1C. The molecule has 1 aromatic rings. The second-order valence-electron chi connectivity index (χ2n) is 4.86. The third kappa shape index (κ3) is 3.69. The fourth-order valence-corrected chi connectivity index (χ4v) is 2.55. The molecule has 1 aromatic carbocycles. The number of carbonyl (C=O) groups excluding carboxylic acids is 1. The lowest BCUT2D eigenvalue weighted by molar-refractivity contribution is 0.0600. The summed E-state index contributed by atoms with van der Waals surface area (Å²) in [6.45, 7) is 8.47. The molecule has 0 aliphatic heterocycles. The molecule has 0 unspecified atom stereocenters. The number of esters is 1. The first-order valence-electron chi connectivity index (χ1n) is 6.94.